The van der Waals surface area contributed by atoms with Crippen molar-refractivity contribution in [1.82, 2.24) is 20.9 Å². The molecule has 2 aromatic rings. The number of aliphatic carboxylic acids is 1. The van der Waals surface area contributed by atoms with Crippen LogP contribution in [-0.4, -0.2) is 82.5 Å². The highest BCUT2D eigenvalue weighted by Crippen LogP contribution is 2.19. The second-order valence-electron chi connectivity index (χ2n) is 10.2. The van der Waals surface area contributed by atoms with Crippen molar-refractivity contribution in [2.45, 2.75) is 70.1 Å². The summed E-state index contributed by atoms with van der Waals surface area (Å²) in [7, 11) is 0. The van der Waals surface area contributed by atoms with E-state index in [-0.39, 0.29) is 31.3 Å². The smallest absolute Gasteiger partial charge is 0.326 e. The van der Waals surface area contributed by atoms with Crippen molar-refractivity contribution in [2.24, 2.45) is 28.1 Å². The molecule has 0 radical (unpaired) electrons. The molecule has 14 heteroatoms. The maximum Gasteiger partial charge on any atom is 0.326 e. The molecule has 0 aliphatic carbocycles. The number of benzene rings is 1. The number of rotatable bonds is 18. The Bertz CT molecular complexity index is 1230. The Kier molecular flexibility index (Phi) is 14.1. The van der Waals surface area contributed by atoms with Gasteiger partial charge in [0.2, 0.25) is 17.7 Å². The van der Waals surface area contributed by atoms with E-state index in [9.17, 15) is 24.3 Å². The number of H-pyrrole nitrogens is 1. The molecule has 5 unspecified atom stereocenters. The lowest BCUT2D eigenvalue weighted by atomic mass is 9.97. The number of nitrogens with one attached hydrogen (secondary N) is 4. The fraction of sp³-hybridized carbons (Fsp3) is 0.536. The van der Waals surface area contributed by atoms with Crippen molar-refractivity contribution in [1.29, 1.82) is 0 Å². The number of aromatic amines is 1. The number of aliphatic imine (C=N–C) groups is 1. The number of amides is 3. The summed E-state index contributed by atoms with van der Waals surface area (Å²) in [5.74, 6) is -2.60. The number of carbonyl (C=O) groups excluding carboxylic acids is 3. The molecule has 1 aromatic carbocycles. The van der Waals surface area contributed by atoms with Gasteiger partial charge in [-0.2, -0.15) is 11.8 Å². The second-order valence-corrected chi connectivity index (χ2v) is 11.2. The number of para-hydroxylation sites is 1. The highest BCUT2D eigenvalue weighted by molar-refractivity contribution is 7.98. The lowest BCUT2D eigenvalue weighted by molar-refractivity contribution is -0.142. The predicted octanol–water partition coefficient (Wildman–Crippen LogP) is 0.430. The molecule has 42 heavy (non-hydrogen) atoms. The van der Waals surface area contributed by atoms with Crippen molar-refractivity contribution in [3.05, 3.63) is 36.0 Å². The van der Waals surface area contributed by atoms with E-state index in [0.717, 1.165) is 16.5 Å². The first-order valence-electron chi connectivity index (χ1n) is 14.0. The molecule has 0 aliphatic rings. The van der Waals surface area contributed by atoms with Crippen LogP contribution in [0.25, 0.3) is 10.9 Å². The predicted molar refractivity (Wildman–Crippen MR) is 166 cm³/mol. The Morgan fingerprint density at radius 2 is 1.71 bits per heavy atom. The molecular weight excluding hydrogens is 560 g/mol. The highest BCUT2D eigenvalue weighted by Gasteiger charge is 2.32. The summed E-state index contributed by atoms with van der Waals surface area (Å²) in [4.78, 5) is 58.8. The van der Waals surface area contributed by atoms with Gasteiger partial charge < -0.3 is 43.2 Å². The van der Waals surface area contributed by atoms with Crippen molar-refractivity contribution < 1.29 is 24.3 Å². The molecule has 3 amide bonds. The van der Waals surface area contributed by atoms with Crippen LogP contribution < -0.4 is 33.2 Å². The van der Waals surface area contributed by atoms with Crippen LogP contribution in [0.4, 0.5) is 0 Å². The normalized spacial score (nSPS) is 14.7. The molecule has 1 aromatic heterocycles. The van der Waals surface area contributed by atoms with E-state index in [1.165, 1.54) is 0 Å². The summed E-state index contributed by atoms with van der Waals surface area (Å²) in [6.07, 6.45) is 5.13. The number of hydrogen-bond acceptors (Lipinski definition) is 7. The number of thioether (sulfide) groups is 1. The molecule has 232 valence electrons. The van der Waals surface area contributed by atoms with Crippen LogP contribution in [0.3, 0.4) is 0 Å². The van der Waals surface area contributed by atoms with Gasteiger partial charge in [-0.1, -0.05) is 38.5 Å². The third-order valence-electron chi connectivity index (χ3n) is 7.05. The maximum atomic E-state index is 13.5. The number of nitrogens with two attached hydrogens (primary N) is 3. The number of hydrogen-bond donors (Lipinski definition) is 8. The van der Waals surface area contributed by atoms with Crippen LogP contribution >= 0.6 is 11.8 Å². The van der Waals surface area contributed by atoms with Crippen LogP contribution in [0.1, 0.15) is 45.1 Å². The molecule has 1 heterocycles. The Morgan fingerprint density at radius 3 is 2.36 bits per heavy atom. The zero-order chi connectivity index (χ0) is 31.2. The molecule has 11 N–H and O–H groups in total. The number of carboxylic acids is 1. The number of aromatic nitrogens is 1. The largest absolute Gasteiger partial charge is 0.480 e. The number of carbonyl (C=O) groups is 4. The number of guanidine groups is 1. The van der Waals surface area contributed by atoms with Gasteiger partial charge in [-0.05, 0) is 48.8 Å². The van der Waals surface area contributed by atoms with Crippen LogP contribution in [-0.2, 0) is 25.6 Å². The average Bonchev–Trinajstić information content (AvgIpc) is 3.37. The van der Waals surface area contributed by atoms with E-state index < -0.39 is 47.9 Å². The van der Waals surface area contributed by atoms with Crippen LogP contribution in [0, 0.1) is 5.92 Å². The zero-order valence-corrected chi connectivity index (χ0v) is 25.2. The first kappa shape index (κ1) is 34.4. The van der Waals surface area contributed by atoms with Gasteiger partial charge in [-0.25, -0.2) is 4.79 Å². The monoisotopic (exact) mass is 604 g/mol. The lowest BCUT2D eigenvalue weighted by Crippen LogP contribution is -2.58. The van der Waals surface area contributed by atoms with Gasteiger partial charge in [0, 0.05) is 30.1 Å². The first-order chi connectivity index (χ1) is 20.0. The lowest BCUT2D eigenvalue weighted by Gasteiger charge is -2.28. The Morgan fingerprint density at radius 1 is 1.02 bits per heavy atom. The van der Waals surface area contributed by atoms with Gasteiger partial charge in [0.15, 0.2) is 5.96 Å². The first-order valence-corrected chi connectivity index (χ1v) is 15.4. The topological polar surface area (TPSA) is 231 Å². The van der Waals surface area contributed by atoms with E-state index in [4.69, 9.17) is 17.2 Å². The van der Waals surface area contributed by atoms with Crippen LogP contribution in [0.2, 0.25) is 0 Å². The second kappa shape index (κ2) is 17.2. The number of fused-ring (bicyclic) bond motifs is 1. The standard InChI is InChI=1S/C28H44N8O5S/c1-4-16(2)23(36-24(37)19(29)11-13-42-3)26(39)34-21(10-7-12-32-28(30)31)25(38)35-22(27(40)41)14-17-15-33-20-9-6-5-8-18(17)20/h5-6,8-9,15-16,19,21-23,33H,4,7,10-14,29H2,1-3H3,(H,34,39)(H,35,38)(H,36,37)(H,40,41)(H4,30,31,32). The molecular formula is C28H44N8O5S. The molecule has 2 rings (SSSR count). The van der Waals surface area contributed by atoms with Crippen molar-refractivity contribution >= 4 is 52.3 Å². The molecule has 5 atom stereocenters. The van der Waals surface area contributed by atoms with Crippen molar-refractivity contribution in [2.75, 3.05) is 18.6 Å². The molecule has 0 fully saturated rings. The van der Waals surface area contributed by atoms with E-state index in [1.54, 1.807) is 18.0 Å². The Hall–Kier alpha value is -3.78. The van der Waals surface area contributed by atoms with Gasteiger partial charge in [0.05, 0.1) is 6.04 Å². The van der Waals surface area contributed by atoms with Crippen LogP contribution in [0.5, 0.6) is 0 Å². The van der Waals surface area contributed by atoms with E-state index in [2.05, 4.69) is 25.9 Å². The Labute approximate surface area is 250 Å². The van der Waals surface area contributed by atoms with E-state index in [1.807, 2.05) is 44.4 Å². The summed E-state index contributed by atoms with van der Waals surface area (Å²) in [5.41, 5.74) is 18.4. The summed E-state index contributed by atoms with van der Waals surface area (Å²) < 4.78 is 0. The minimum absolute atomic E-state index is 0.0270. The fourth-order valence-corrected chi connectivity index (χ4v) is 4.85. The molecule has 0 saturated carbocycles. The van der Waals surface area contributed by atoms with Gasteiger partial charge in [-0.3, -0.25) is 19.4 Å². The Balaban J connectivity index is 2.22. The SMILES string of the molecule is CCC(C)C(NC(=O)C(N)CCSC)C(=O)NC(CCCN=C(N)N)C(=O)NC(Cc1c[nH]c2ccccc12)C(=O)O. The van der Waals surface area contributed by atoms with Gasteiger partial charge in [0.25, 0.3) is 0 Å². The van der Waals surface area contributed by atoms with E-state index in [0.29, 0.717) is 25.0 Å². The van der Waals surface area contributed by atoms with Gasteiger partial charge in [0.1, 0.15) is 18.1 Å². The molecule has 0 spiro atoms. The quantitative estimate of drug-likeness (QED) is 0.0669. The number of nitrogens with zero attached hydrogens (tertiary/aromatic N) is 1. The van der Waals surface area contributed by atoms with Crippen LogP contribution in [0.15, 0.2) is 35.5 Å². The average molecular weight is 605 g/mol. The number of carboxylic acid groups (broad SMARTS) is 1. The maximum absolute atomic E-state index is 13.5. The molecule has 0 saturated heterocycles. The third kappa shape index (κ3) is 10.6. The minimum atomic E-state index is -1.26. The van der Waals surface area contributed by atoms with Gasteiger partial charge in [-0.15, -0.1) is 0 Å². The van der Waals surface area contributed by atoms with Crippen molar-refractivity contribution in [3.63, 3.8) is 0 Å². The van der Waals surface area contributed by atoms with Gasteiger partial charge >= 0.3 is 5.97 Å². The summed E-state index contributed by atoms with van der Waals surface area (Å²) >= 11 is 1.56. The third-order valence-corrected chi connectivity index (χ3v) is 7.70. The highest BCUT2D eigenvalue weighted by atomic mass is 32.2. The summed E-state index contributed by atoms with van der Waals surface area (Å²) in [5, 5.41) is 18.8. The minimum Gasteiger partial charge on any atom is -0.480 e. The van der Waals surface area contributed by atoms with Crippen molar-refractivity contribution in [3.8, 4) is 0 Å². The zero-order valence-electron chi connectivity index (χ0n) is 24.4. The molecule has 0 aliphatic heterocycles. The fourth-order valence-electron chi connectivity index (χ4n) is 4.36. The summed E-state index contributed by atoms with van der Waals surface area (Å²) in [6.45, 7) is 3.90. The van der Waals surface area contributed by atoms with E-state index >= 15 is 0 Å². The molecule has 13 nitrogen and oxygen atoms in total. The summed E-state index contributed by atoms with van der Waals surface area (Å²) in [6, 6.07) is 3.36. The molecule has 0 bridgehead atoms.